The number of nitrogens with one attached hydrogen (secondary N) is 1. The van der Waals surface area contributed by atoms with Crippen LogP contribution in [0.5, 0.6) is 0 Å². The number of amides is 1. The summed E-state index contributed by atoms with van der Waals surface area (Å²) in [6.45, 7) is 9.50. The Morgan fingerprint density at radius 2 is 1.88 bits per heavy atom. The lowest BCUT2D eigenvalue weighted by atomic mass is 9.90. The van der Waals surface area contributed by atoms with Crippen molar-refractivity contribution in [1.82, 2.24) is 19.8 Å². The highest BCUT2D eigenvalue weighted by atomic mass is 19.1. The smallest absolute Gasteiger partial charge is 0.410 e. The molecular formula is C32H40F2N4O3. The molecule has 9 heteroatoms. The Balaban J connectivity index is 1.42. The fraction of sp³-hybridized carbons (Fsp3) is 0.500. The molecule has 0 radical (unpaired) electrons. The number of carbonyl (C=O) groups excluding carboxylic acids is 1. The van der Waals surface area contributed by atoms with Crippen molar-refractivity contribution >= 4 is 6.09 Å². The highest BCUT2D eigenvalue weighted by molar-refractivity contribution is 5.68. The van der Waals surface area contributed by atoms with Gasteiger partial charge in [0.2, 0.25) is 0 Å². The topological polar surface area (TPSA) is 68.6 Å². The van der Waals surface area contributed by atoms with Crippen LogP contribution in [0, 0.1) is 23.5 Å². The molecular weight excluding hydrogens is 526 g/mol. The first-order chi connectivity index (χ1) is 19.7. The van der Waals surface area contributed by atoms with E-state index in [1.165, 1.54) is 6.07 Å². The summed E-state index contributed by atoms with van der Waals surface area (Å²) >= 11 is 0. The van der Waals surface area contributed by atoms with Gasteiger partial charge in [0, 0.05) is 51.2 Å². The van der Waals surface area contributed by atoms with Crippen LogP contribution in [0.4, 0.5) is 13.6 Å². The summed E-state index contributed by atoms with van der Waals surface area (Å²) in [6.07, 6.45) is 4.17. The summed E-state index contributed by atoms with van der Waals surface area (Å²) in [7, 11) is 0. The third-order valence-electron chi connectivity index (χ3n) is 7.79. The number of halogens is 2. The lowest BCUT2D eigenvalue weighted by Gasteiger charge is -2.32. The first kappa shape index (κ1) is 29.2. The molecule has 2 aliphatic heterocycles. The average Bonchev–Trinajstić information content (AvgIpc) is 3.58. The number of likely N-dealkylation sites (tertiary alicyclic amines) is 1. The summed E-state index contributed by atoms with van der Waals surface area (Å²) in [6, 6.07) is 13.4. The van der Waals surface area contributed by atoms with Crippen molar-refractivity contribution in [2.24, 2.45) is 11.8 Å². The summed E-state index contributed by atoms with van der Waals surface area (Å²) in [5.74, 6) is 0.305. The Hall–Kier alpha value is -3.30. The van der Waals surface area contributed by atoms with Crippen LogP contribution in [-0.4, -0.2) is 59.0 Å². The van der Waals surface area contributed by atoms with E-state index in [4.69, 9.17) is 14.5 Å². The number of aromatic nitrogens is 2. The maximum absolute atomic E-state index is 14.8. The molecule has 0 spiro atoms. The van der Waals surface area contributed by atoms with Crippen LogP contribution < -0.4 is 5.32 Å². The number of nitrogens with zero attached hydrogens (tertiary/aromatic N) is 3. The highest BCUT2D eigenvalue weighted by Crippen LogP contribution is 2.33. The van der Waals surface area contributed by atoms with E-state index in [9.17, 15) is 13.6 Å². The largest absolute Gasteiger partial charge is 0.444 e. The normalized spacial score (nSPS) is 19.0. The van der Waals surface area contributed by atoms with Gasteiger partial charge in [0.25, 0.3) is 0 Å². The van der Waals surface area contributed by atoms with Gasteiger partial charge in [-0.1, -0.05) is 30.3 Å². The van der Waals surface area contributed by atoms with Crippen LogP contribution in [0.2, 0.25) is 0 Å². The molecule has 2 saturated heterocycles. The van der Waals surface area contributed by atoms with Crippen LogP contribution in [0.3, 0.4) is 0 Å². The van der Waals surface area contributed by atoms with Crippen LogP contribution in [0.15, 0.2) is 54.7 Å². The van der Waals surface area contributed by atoms with Gasteiger partial charge in [0.15, 0.2) is 0 Å². The number of benzene rings is 2. The maximum atomic E-state index is 14.8. The van der Waals surface area contributed by atoms with E-state index in [1.54, 1.807) is 4.90 Å². The number of rotatable bonds is 8. The van der Waals surface area contributed by atoms with E-state index in [-0.39, 0.29) is 29.5 Å². The van der Waals surface area contributed by atoms with Crippen molar-refractivity contribution in [3.8, 4) is 11.3 Å². The van der Waals surface area contributed by atoms with Gasteiger partial charge >= 0.3 is 6.09 Å². The van der Waals surface area contributed by atoms with Gasteiger partial charge in [0.05, 0.1) is 11.7 Å². The zero-order valence-electron chi connectivity index (χ0n) is 24.1. The third kappa shape index (κ3) is 7.51. The standard InChI is InChI=1S/C32H40F2N4O3/c1-32(2,3)41-31(39)37-14-11-23(20-37)18-35-29(24-12-15-40-16-13-24)30-36-28(26-17-25(33)9-10-27(26)34)21-38(30)19-22-7-5-4-6-8-22/h4-10,17,21,23-24,29,35H,11-16,18-20H2,1-3H3. The molecule has 1 N–H and O–H groups in total. The average molecular weight is 567 g/mol. The molecule has 1 aromatic heterocycles. The predicted octanol–water partition coefficient (Wildman–Crippen LogP) is 6.19. The molecule has 0 aliphatic carbocycles. The predicted molar refractivity (Wildman–Crippen MR) is 153 cm³/mol. The molecule has 2 unspecified atom stereocenters. The van der Waals surface area contributed by atoms with Gasteiger partial charge < -0.3 is 24.3 Å². The molecule has 5 rings (SSSR count). The lowest BCUT2D eigenvalue weighted by molar-refractivity contribution is 0.0286. The minimum absolute atomic E-state index is 0.122. The Labute approximate surface area is 240 Å². The molecule has 220 valence electrons. The molecule has 7 nitrogen and oxygen atoms in total. The molecule has 2 aromatic carbocycles. The molecule has 3 heterocycles. The molecule has 2 atom stereocenters. The molecule has 1 amide bonds. The molecule has 41 heavy (non-hydrogen) atoms. The SMILES string of the molecule is CC(C)(C)OC(=O)N1CCC(CNC(c2nc(-c3cc(F)ccc3F)cn2Cc2ccccc2)C2CCOCC2)C1. The van der Waals surface area contributed by atoms with Gasteiger partial charge in [0.1, 0.15) is 23.1 Å². The number of hydrogen-bond donors (Lipinski definition) is 1. The number of imidazole rings is 1. The monoisotopic (exact) mass is 566 g/mol. The Bertz CT molecular complexity index is 1320. The van der Waals surface area contributed by atoms with E-state index in [0.29, 0.717) is 45.1 Å². The fourth-order valence-electron chi connectivity index (χ4n) is 5.71. The quantitative estimate of drug-likeness (QED) is 0.352. The molecule has 0 bridgehead atoms. The lowest BCUT2D eigenvalue weighted by Crippen LogP contribution is -2.38. The van der Waals surface area contributed by atoms with Gasteiger partial charge in [-0.3, -0.25) is 0 Å². The van der Waals surface area contributed by atoms with Gasteiger partial charge in [-0.05, 0) is 75.6 Å². The first-order valence-corrected chi connectivity index (χ1v) is 14.5. The van der Waals surface area contributed by atoms with Gasteiger partial charge in [-0.15, -0.1) is 0 Å². The molecule has 3 aromatic rings. The van der Waals surface area contributed by atoms with E-state index < -0.39 is 17.2 Å². The molecule has 0 saturated carbocycles. The fourth-order valence-corrected chi connectivity index (χ4v) is 5.71. The van der Waals surface area contributed by atoms with Crippen molar-refractivity contribution in [1.29, 1.82) is 0 Å². The number of hydrogen-bond acceptors (Lipinski definition) is 5. The Kier molecular flexibility index (Phi) is 9.04. The second kappa shape index (κ2) is 12.7. The van der Waals surface area contributed by atoms with E-state index in [2.05, 4.69) is 9.88 Å². The summed E-state index contributed by atoms with van der Waals surface area (Å²) in [5.41, 5.74) is 1.11. The second-order valence-electron chi connectivity index (χ2n) is 12.1. The molecule has 2 fully saturated rings. The van der Waals surface area contributed by atoms with Gasteiger partial charge in [-0.2, -0.15) is 0 Å². The Morgan fingerprint density at radius 3 is 2.61 bits per heavy atom. The van der Waals surface area contributed by atoms with Crippen molar-refractivity contribution in [3.05, 3.63) is 77.8 Å². The number of carbonyl (C=O) groups is 1. The zero-order valence-corrected chi connectivity index (χ0v) is 24.1. The van der Waals surface area contributed by atoms with Crippen molar-refractivity contribution in [2.75, 3.05) is 32.8 Å². The van der Waals surface area contributed by atoms with Crippen molar-refractivity contribution in [2.45, 2.75) is 58.2 Å². The van der Waals surface area contributed by atoms with Crippen LogP contribution in [-0.2, 0) is 16.0 Å². The summed E-state index contributed by atoms with van der Waals surface area (Å²) in [5, 5.41) is 3.79. The van der Waals surface area contributed by atoms with E-state index >= 15 is 0 Å². The van der Waals surface area contributed by atoms with Crippen molar-refractivity contribution < 1.29 is 23.0 Å². The third-order valence-corrected chi connectivity index (χ3v) is 7.79. The second-order valence-corrected chi connectivity index (χ2v) is 12.1. The maximum Gasteiger partial charge on any atom is 0.410 e. The molecule has 2 aliphatic rings. The van der Waals surface area contributed by atoms with Crippen LogP contribution >= 0.6 is 0 Å². The Morgan fingerprint density at radius 1 is 1.12 bits per heavy atom. The minimum Gasteiger partial charge on any atom is -0.444 e. The number of ether oxygens (including phenoxy) is 2. The van der Waals surface area contributed by atoms with Crippen LogP contribution in [0.1, 0.15) is 57.5 Å². The first-order valence-electron chi connectivity index (χ1n) is 14.5. The highest BCUT2D eigenvalue weighted by Gasteiger charge is 2.33. The van der Waals surface area contributed by atoms with E-state index in [0.717, 1.165) is 42.8 Å². The van der Waals surface area contributed by atoms with Gasteiger partial charge in [-0.25, -0.2) is 18.6 Å². The summed E-state index contributed by atoms with van der Waals surface area (Å²) in [4.78, 5) is 19.4. The van der Waals surface area contributed by atoms with Crippen LogP contribution in [0.25, 0.3) is 11.3 Å². The minimum atomic E-state index is -0.531. The zero-order chi connectivity index (χ0) is 29.0. The van der Waals surface area contributed by atoms with Crippen molar-refractivity contribution in [3.63, 3.8) is 0 Å². The summed E-state index contributed by atoms with van der Waals surface area (Å²) < 4.78 is 42.3. The van der Waals surface area contributed by atoms with E-state index in [1.807, 2.05) is 57.3 Å².